The smallest absolute Gasteiger partial charge is 0.218 e. The molecular weight excluding hydrogens is 148 g/mol. The molecule has 0 aliphatic heterocycles. The number of hydrogen-bond donors (Lipinski definition) is 2. The van der Waals surface area contributed by atoms with E-state index in [1.54, 1.807) is 6.92 Å². The highest BCUT2D eigenvalue weighted by Gasteiger charge is 1.95. The minimum atomic E-state index is 0.178. The summed E-state index contributed by atoms with van der Waals surface area (Å²) in [4.78, 5) is 7.50. The summed E-state index contributed by atoms with van der Waals surface area (Å²) in [5.41, 5.74) is 11.8. The quantitative estimate of drug-likeness (QED) is 0.402. The molecule has 0 aliphatic rings. The largest absolute Gasteiger partial charge is 0.758 e. The lowest BCUT2D eigenvalue weighted by Crippen LogP contribution is -2.03. The van der Waals surface area contributed by atoms with E-state index >= 15 is 0 Å². The highest BCUT2D eigenvalue weighted by atomic mass is 32.1. The molecule has 0 amide bonds. The van der Waals surface area contributed by atoms with Crippen LogP contribution in [0.15, 0.2) is 5.03 Å². The van der Waals surface area contributed by atoms with Gasteiger partial charge in [0, 0.05) is 0 Å². The molecule has 54 valence electrons. The van der Waals surface area contributed by atoms with Crippen LogP contribution in [0.25, 0.3) is 0 Å². The number of nitrogens with zero attached hydrogens (tertiary/aromatic N) is 2. The van der Waals surface area contributed by atoms with Crippen LogP contribution in [0.2, 0.25) is 0 Å². The van der Waals surface area contributed by atoms with Crippen LogP contribution in [0.1, 0.15) is 5.69 Å². The van der Waals surface area contributed by atoms with Crippen LogP contribution < -0.4 is 11.5 Å². The van der Waals surface area contributed by atoms with Crippen molar-refractivity contribution in [2.24, 2.45) is 0 Å². The Balaban J connectivity index is 3.31. The zero-order valence-electron chi connectivity index (χ0n) is 5.46. The van der Waals surface area contributed by atoms with E-state index in [4.69, 9.17) is 24.1 Å². The number of nitrogens with two attached hydrogens (primary N) is 2. The van der Waals surface area contributed by atoms with Gasteiger partial charge in [-0.05, 0) is 6.92 Å². The maximum Gasteiger partial charge on any atom is 0.218 e. The molecule has 4 N–H and O–H groups in total. The van der Waals surface area contributed by atoms with Gasteiger partial charge in [-0.15, -0.1) is 0 Å². The average molecular weight is 155 g/mol. The highest BCUT2D eigenvalue weighted by molar-refractivity contribution is 7.58. The zero-order valence-corrected chi connectivity index (χ0v) is 6.27. The standard InChI is InChI=1S/C5H8N4S/c1-2-3(6)4(10)9-5(7)8-2/h6H2,1H3,(H3,7,8,9,10)/p-1. The summed E-state index contributed by atoms with van der Waals surface area (Å²) in [5.74, 6) is 0.178. The van der Waals surface area contributed by atoms with Gasteiger partial charge in [0.15, 0.2) is 0 Å². The zero-order chi connectivity index (χ0) is 7.72. The Bertz CT molecular complexity index is 237. The number of rotatable bonds is 0. The second-order valence-corrected chi connectivity index (χ2v) is 2.27. The third-order valence-electron chi connectivity index (χ3n) is 1.12. The minimum Gasteiger partial charge on any atom is -0.758 e. The number of nitrogen functional groups attached to an aromatic ring is 2. The molecule has 0 bridgehead atoms. The lowest BCUT2D eigenvalue weighted by molar-refractivity contribution is 1.04. The monoisotopic (exact) mass is 155 g/mol. The first-order chi connectivity index (χ1) is 4.61. The number of hydrogen-bond acceptors (Lipinski definition) is 5. The first kappa shape index (κ1) is 7.01. The second-order valence-electron chi connectivity index (χ2n) is 1.89. The Kier molecular flexibility index (Phi) is 1.58. The number of aromatic nitrogens is 2. The topological polar surface area (TPSA) is 77.8 Å². The van der Waals surface area contributed by atoms with Gasteiger partial charge in [0.1, 0.15) is 0 Å². The van der Waals surface area contributed by atoms with E-state index in [0.717, 1.165) is 0 Å². The molecule has 0 fully saturated rings. The van der Waals surface area contributed by atoms with Crippen LogP contribution in [0.5, 0.6) is 0 Å². The molecule has 1 rings (SSSR count). The Morgan fingerprint density at radius 3 is 2.40 bits per heavy atom. The van der Waals surface area contributed by atoms with Crippen LogP contribution >= 0.6 is 0 Å². The van der Waals surface area contributed by atoms with Crippen molar-refractivity contribution in [2.75, 3.05) is 11.5 Å². The van der Waals surface area contributed by atoms with Gasteiger partial charge in [-0.2, -0.15) is 0 Å². The molecule has 1 aromatic rings. The Morgan fingerprint density at radius 2 is 1.90 bits per heavy atom. The molecule has 0 radical (unpaired) electrons. The second kappa shape index (κ2) is 2.26. The van der Waals surface area contributed by atoms with Crippen molar-refractivity contribution in [3.05, 3.63) is 5.69 Å². The van der Waals surface area contributed by atoms with Crippen molar-refractivity contribution < 1.29 is 0 Å². The maximum atomic E-state index is 5.47. The van der Waals surface area contributed by atoms with Gasteiger partial charge in [0.2, 0.25) is 5.95 Å². The average Bonchev–Trinajstić information content (AvgIpc) is 1.82. The summed E-state index contributed by atoms with van der Waals surface area (Å²) in [6.07, 6.45) is 0. The lowest BCUT2D eigenvalue weighted by Gasteiger charge is -2.10. The molecule has 0 saturated carbocycles. The maximum absolute atomic E-state index is 5.47. The molecule has 0 saturated heterocycles. The van der Waals surface area contributed by atoms with Crippen molar-refractivity contribution in [1.82, 2.24) is 9.97 Å². The fraction of sp³-hybridized carbons (Fsp3) is 0.200. The van der Waals surface area contributed by atoms with E-state index in [0.29, 0.717) is 16.4 Å². The van der Waals surface area contributed by atoms with Crippen molar-refractivity contribution in [2.45, 2.75) is 11.9 Å². The Labute approximate surface area is 64.1 Å². The summed E-state index contributed by atoms with van der Waals surface area (Å²) in [7, 11) is 0. The summed E-state index contributed by atoms with van der Waals surface area (Å²) in [5, 5.41) is 0.324. The van der Waals surface area contributed by atoms with Gasteiger partial charge in [-0.1, -0.05) is 5.03 Å². The molecule has 0 spiro atoms. The van der Waals surface area contributed by atoms with E-state index in [2.05, 4.69) is 9.97 Å². The molecule has 0 aliphatic carbocycles. The summed E-state index contributed by atoms with van der Waals surface area (Å²) >= 11 is 4.77. The van der Waals surface area contributed by atoms with Crippen molar-refractivity contribution in [3.8, 4) is 0 Å². The number of anilines is 2. The molecule has 0 atom stereocenters. The minimum absolute atomic E-state index is 0.178. The normalized spacial score (nSPS) is 9.70. The van der Waals surface area contributed by atoms with Gasteiger partial charge >= 0.3 is 0 Å². The first-order valence-electron chi connectivity index (χ1n) is 2.68. The number of aryl methyl sites for hydroxylation is 1. The van der Waals surface area contributed by atoms with Gasteiger partial charge in [0.25, 0.3) is 0 Å². The van der Waals surface area contributed by atoms with Crippen LogP contribution in [0, 0.1) is 6.92 Å². The van der Waals surface area contributed by atoms with Crippen LogP contribution in [-0.2, 0) is 12.6 Å². The van der Waals surface area contributed by atoms with Crippen LogP contribution in [0.4, 0.5) is 11.6 Å². The third-order valence-corrected chi connectivity index (χ3v) is 1.43. The molecule has 1 heterocycles. The lowest BCUT2D eigenvalue weighted by atomic mass is 10.4. The molecule has 0 unspecified atom stereocenters. The van der Waals surface area contributed by atoms with E-state index in [-0.39, 0.29) is 5.95 Å². The van der Waals surface area contributed by atoms with Crippen molar-refractivity contribution in [1.29, 1.82) is 0 Å². The summed E-state index contributed by atoms with van der Waals surface area (Å²) < 4.78 is 0. The van der Waals surface area contributed by atoms with Crippen molar-refractivity contribution >= 4 is 24.3 Å². The van der Waals surface area contributed by atoms with Gasteiger partial charge in [-0.3, -0.25) is 0 Å². The fourth-order valence-electron chi connectivity index (χ4n) is 0.576. The van der Waals surface area contributed by atoms with E-state index in [9.17, 15) is 0 Å². The van der Waals surface area contributed by atoms with E-state index in [1.165, 1.54) is 0 Å². The molecule has 5 heteroatoms. The van der Waals surface area contributed by atoms with Crippen LogP contribution in [0.3, 0.4) is 0 Å². The molecule has 0 aromatic carbocycles. The third kappa shape index (κ3) is 1.08. The Hall–Kier alpha value is -1.10. The van der Waals surface area contributed by atoms with E-state index < -0.39 is 0 Å². The first-order valence-corrected chi connectivity index (χ1v) is 3.08. The van der Waals surface area contributed by atoms with Gasteiger partial charge in [-0.25, -0.2) is 9.97 Å². The predicted molar refractivity (Wildman–Crippen MR) is 41.2 cm³/mol. The molecular formula is C5H7N4S-. The highest BCUT2D eigenvalue weighted by Crippen LogP contribution is 2.12. The SMILES string of the molecule is Cc1nc(N)nc([S-])c1N. The molecule has 10 heavy (non-hydrogen) atoms. The summed E-state index contributed by atoms with van der Waals surface area (Å²) in [6.45, 7) is 1.74. The molecule has 1 aromatic heterocycles. The fourth-order valence-corrected chi connectivity index (χ4v) is 0.817. The van der Waals surface area contributed by atoms with Gasteiger partial charge in [0.05, 0.1) is 11.4 Å². The van der Waals surface area contributed by atoms with E-state index in [1.807, 2.05) is 0 Å². The van der Waals surface area contributed by atoms with Gasteiger partial charge < -0.3 is 24.1 Å². The Morgan fingerprint density at radius 1 is 1.30 bits per heavy atom. The summed E-state index contributed by atoms with van der Waals surface area (Å²) in [6, 6.07) is 0. The van der Waals surface area contributed by atoms with Crippen LogP contribution in [-0.4, -0.2) is 9.97 Å². The molecule has 4 nitrogen and oxygen atoms in total. The predicted octanol–water partition coefficient (Wildman–Crippen LogP) is -0.145. The van der Waals surface area contributed by atoms with Crippen molar-refractivity contribution in [3.63, 3.8) is 0 Å².